The van der Waals surface area contributed by atoms with Crippen LogP contribution in [0.4, 0.5) is 8.78 Å². The number of nitrogens with zero attached hydrogens (tertiary/aromatic N) is 10. The van der Waals surface area contributed by atoms with Gasteiger partial charge in [-0.3, -0.25) is 28.1 Å². The Bertz CT molecular complexity index is 3410. The van der Waals surface area contributed by atoms with E-state index in [1.54, 1.807) is 72.1 Å². The highest BCUT2D eigenvalue weighted by molar-refractivity contribution is 7.18. The normalized spacial score (nSPS) is 23.5. The maximum atomic E-state index is 16.2. The topological polar surface area (TPSA) is 169 Å². The molecule has 19 heteroatoms. The van der Waals surface area contributed by atoms with Gasteiger partial charge in [-0.05, 0) is 107 Å². The van der Waals surface area contributed by atoms with Crippen molar-refractivity contribution < 1.29 is 22.8 Å². The summed E-state index contributed by atoms with van der Waals surface area (Å²) in [6.07, 6.45) is 8.42. The second-order valence-corrected chi connectivity index (χ2v) is 20.0. The fraction of sp³-hybridized carbons (Fsp3) is 0.413. The Morgan fingerprint density at radius 2 is 1.77 bits per heavy atom. The third-order valence-electron chi connectivity index (χ3n) is 14.4. The van der Waals surface area contributed by atoms with Gasteiger partial charge in [0.05, 0.1) is 55.5 Å². The highest BCUT2D eigenvalue weighted by Crippen LogP contribution is 2.57. The average molecular weight is 902 g/mol. The number of imidazole rings is 1. The van der Waals surface area contributed by atoms with Crippen molar-refractivity contribution in [3.05, 3.63) is 121 Å². The van der Waals surface area contributed by atoms with Crippen LogP contribution in [-0.4, -0.2) is 77.4 Å². The minimum atomic E-state index is -0.891. The molecule has 0 spiro atoms. The fourth-order valence-corrected chi connectivity index (χ4v) is 12.3. The largest absolute Gasteiger partial charge is 0.438 e. The Kier molecular flexibility index (Phi) is 8.49. The first kappa shape index (κ1) is 40.1. The molecule has 3 aliphatic heterocycles. The van der Waals surface area contributed by atoms with Gasteiger partial charge < -0.3 is 14.2 Å². The van der Waals surface area contributed by atoms with Gasteiger partial charge in [0.2, 0.25) is 0 Å². The predicted molar refractivity (Wildman–Crippen MR) is 235 cm³/mol. The number of fused-ring (bicyclic) bond motifs is 6. The van der Waals surface area contributed by atoms with Gasteiger partial charge in [-0.2, -0.15) is 10.2 Å². The van der Waals surface area contributed by atoms with E-state index in [0.717, 1.165) is 22.5 Å². The van der Waals surface area contributed by atoms with Crippen LogP contribution in [0, 0.1) is 31.4 Å². The molecule has 9 heterocycles. The molecule has 2 bridgehead atoms. The summed E-state index contributed by atoms with van der Waals surface area (Å²) < 4.78 is 51.2. The number of H-pyrrole nitrogens is 1. The molecule has 8 aromatic rings. The number of hydrogen-bond donors (Lipinski definition) is 1. The Morgan fingerprint density at radius 3 is 2.49 bits per heavy atom. The molecule has 1 aliphatic carbocycles. The van der Waals surface area contributed by atoms with E-state index in [-0.39, 0.29) is 46.3 Å². The van der Waals surface area contributed by atoms with E-state index in [9.17, 15) is 9.59 Å². The third kappa shape index (κ3) is 5.76. The summed E-state index contributed by atoms with van der Waals surface area (Å²) in [4.78, 5) is 52.9. The van der Waals surface area contributed by atoms with Gasteiger partial charge in [-0.25, -0.2) is 28.0 Å². The van der Waals surface area contributed by atoms with E-state index in [4.69, 9.17) is 19.3 Å². The summed E-state index contributed by atoms with van der Waals surface area (Å²) in [5.74, 6) is -0.963. The first-order valence-corrected chi connectivity index (χ1v) is 22.8. The number of aromatic nitrogens is 10. The van der Waals surface area contributed by atoms with Crippen molar-refractivity contribution in [1.82, 2.24) is 53.3 Å². The lowest BCUT2D eigenvalue weighted by molar-refractivity contribution is -0.0593. The maximum Gasteiger partial charge on any atom is 0.438 e. The molecule has 3 fully saturated rings. The second-order valence-electron chi connectivity index (χ2n) is 18.9. The molecule has 1 N–H and O–H groups in total. The molecule has 4 aliphatic rings. The van der Waals surface area contributed by atoms with Crippen molar-refractivity contribution >= 4 is 38.5 Å². The zero-order chi connectivity index (χ0) is 45.0. The first-order chi connectivity index (χ1) is 31.1. The number of aromatic amines is 1. The van der Waals surface area contributed by atoms with Crippen LogP contribution in [-0.2, 0) is 23.7 Å². The van der Waals surface area contributed by atoms with Gasteiger partial charge in [0.25, 0.3) is 5.91 Å². The van der Waals surface area contributed by atoms with E-state index in [1.165, 1.54) is 21.5 Å². The summed E-state index contributed by atoms with van der Waals surface area (Å²) in [6, 6.07) is 7.83. The Labute approximate surface area is 373 Å². The van der Waals surface area contributed by atoms with Crippen LogP contribution in [0.25, 0.3) is 38.4 Å². The molecule has 6 aromatic heterocycles. The van der Waals surface area contributed by atoms with Gasteiger partial charge >= 0.3 is 11.4 Å². The summed E-state index contributed by atoms with van der Waals surface area (Å²) in [7, 11) is 1.72. The molecular formula is C46H45F2N11O5S. The Hall–Kier alpha value is -6.47. The summed E-state index contributed by atoms with van der Waals surface area (Å²) in [5.41, 5.74) is 2.70. The molecule has 5 atom stereocenters. The van der Waals surface area contributed by atoms with E-state index >= 15 is 13.6 Å². The van der Waals surface area contributed by atoms with E-state index < -0.39 is 28.8 Å². The SMILES string of the molecule is Cc1cc(-n2nc3c(c2-n2ccn(-c4ccc5c(cnn5C)c4F)c2=O)[C@@H]2CC[C@H](C3)N2C(=O)c2cc3sc(C4CCOC(C)(C)C4)nc3n2[C@@]2(c3noc(=O)[nH]3)C[C@@H]2C)cc(C)c1F. The van der Waals surface area contributed by atoms with Crippen LogP contribution in [0.5, 0.6) is 0 Å². The van der Waals surface area contributed by atoms with Crippen LogP contribution in [0.3, 0.4) is 0 Å². The zero-order valence-electron chi connectivity index (χ0n) is 36.6. The van der Waals surface area contributed by atoms with Crippen LogP contribution in [0.15, 0.2) is 63.0 Å². The minimum Gasteiger partial charge on any atom is -0.376 e. The fourth-order valence-electron chi connectivity index (χ4n) is 11.2. The number of carbonyl (C=O) groups is 1. The Morgan fingerprint density at radius 1 is 1.00 bits per heavy atom. The molecule has 12 rings (SSSR count). The van der Waals surface area contributed by atoms with E-state index in [2.05, 4.69) is 36.0 Å². The number of hydrogen-bond acceptors (Lipinski definition) is 10. The molecule has 1 amide bonds. The zero-order valence-corrected chi connectivity index (χ0v) is 37.4. The Balaban J connectivity index is 1.01. The van der Waals surface area contributed by atoms with Gasteiger partial charge in [-0.1, -0.05) is 12.1 Å². The van der Waals surface area contributed by atoms with Crippen LogP contribution >= 0.6 is 11.3 Å². The molecule has 16 nitrogen and oxygen atoms in total. The molecule has 334 valence electrons. The van der Waals surface area contributed by atoms with Crippen molar-refractivity contribution in [1.29, 1.82) is 0 Å². The van der Waals surface area contributed by atoms with Crippen molar-refractivity contribution in [3.63, 3.8) is 0 Å². The van der Waals surface area contributed by atoms with Crippen molar-refractivity contribution in [2.45, 2.75) is 102 Å². The van der Waals surface area contributed by atoms with E-state index in [1.807, 2.05) is 15.5 Å². The summed E-state index contributed by atoms with van der Waals surface area (Å²) in [6.45, 7) is 10.2. The number of rotatable bonds is 7. The highest BCUT2D eigenvalue weighted by atomic mass is 32.1. The first-order valence-electron chi connectivity index (χ1n) is 22.0. The van der Waals surface area contributed by atoms with Crippen molar-refractivity contribution in [2.75, 3.05) is 6.61 Å². The van der Waals surface area contributed by atoms with Gasteiger partial charge in [0.15, 0.2) is 17.3 Å². The smallest absolute Gasteiger partial charge is 0.376 e. The maximum absolute atomic E-state index is 16.2. The minimum absolute atomic E-state index is 0.0192. The van der Waals surface area contributed by atoms with Crippen LogP contribution < -0.4 is 11.4 Å². The number of halogens is 2. The monoisotopic (exact) mass is 901 g/mol. The standard InChI is InChI=1S/C46H45F2N11O5S/c1-22-15-27(16-23(2)36(22)47)59-40(56-13-12-55(44(56)62)32-10-9-30-28(37(32)48)21-49-54(30)6)35-29(52-59)17-26-7-8-31(35)57(26)41(60)33-18-34-38(50-39(65-34)25-11-14-63-45(4,5)20-25)58(33)46(19-24(46)3)42-51-43(61)64-53-42/h9-10,12-13,15-16,18,21,24-26,31H,7-8,11,14,17,19-20H2,1-6H3,(H,51,53,61)/t24-,25?,26+,31-,46-/m0/s1. The molecule has 2 aromatic carbocycles. The lowest BCUT2D eigenvalue weighted by atomic mass is 9.89. The molecule has 1 unspecified atom stereocenters. The van der Waals surface area contributed by atoms with Gasteiger partial charge in [0, 0.05) is 50.0 Å². The van der Waals surface area contributed by atoms with E-state index in [0.29, 0.717) is 88.9 Å². The number of amides is 1. The average Bonchev–Trinajstić information content (AvgIpc) is 4.04. The number of benzene rings is 2. The number of carbonyl (C=O) groups excluding carboxylic acids is 1. The van der Waals surface area contributed by atoms with Gasteiger partial charge in [-0.15, -0.1) is 11.3 Å². The number of thiazole rings is 1. The predicted octanol–water partition coefficient (Wildman–Crippen LogP) is 7.04. The lowest BCUT2D eigenvalue weighted by Gasteiger charge is -2.35. The van der Waals surface area contributed by atoms with Gasteiger partial charge in [0.1, 0.15) is 22.9 Å². The molecular weight excluding hydrogens is 857 g/mol. The molecule has 0 radical (unpaired) electrons. The van der Waals surface area contributed by atoms with Crippen LogP contribution in [0.1, 0.15) is 109 Å². The number of aryl methyl sites for hydroxylation is 3. The van der Waals surface area contributed by atoms with Crippen LogP contribution in [0.2, 0.25) is 0 Å². The van der Waals surface area contributed by atoms with Crippen molar-refractivity contribution in [3.8, 4) is 17.2 Å². The highest BCUT2D eigenvalue weighted by Gasteiger charge is 2.60. The number of nitrogens with one attached hydrogen (secondary N) is 1. The molecule has 1 saturated carbocycles. The molecule has 2 saturated heterocycles. The third-order valence-corrected chi connectivity index (χ3v) is 15.6. The lowest BCUT2D eigenvalue weighted by Crippen LogP contribution is -2.43. The molecule has 65 heavy (non-hydrogen) atoms. The van der Waals surface area contributed by atoms with Crippen molar-refractivity contribution in [2.24, 2.45) is 13.0 Å². The second kappa shape index (κ2) is 13.8. The summed E-state index contributed by atoms with van der Waals surface area (Å²) >= 11 is 1.58. The quantitative estimate of drug-likeness (QED) is 0.176. The summed E-state index contributed by atoms with van der Waals surface area (Å²) in [5, 5.41) is 14.8. The number of ether oxygens (including phenoxy) is 1.